The number of halogens is 1. The van der Waals surface area contributed by atoms with Crippen LogP contribution in [-0.2, 0) is 9.59 Å². The van der Waals surface area contributed by atoms with E-state index in [9.17, 15) is 14.7 Å². The smallest absolute Gasteiger partial charge is 0.300 e. The number of aliphatic hydroxyl groups excluding tert-OH is 1. The van der Waals surface area contributed by atoms with Gasteiger partial charge in [0.2, 0.25) is 0 Å². The number of para-hydroxylation sites is 1. The van der Waals surface area contributed by atoms with Gasteiger partial charge in [-0.05, 0) is 67.9 Å². The molecule has 0 saturated carbocycles. The number of amides is 1. The molecule has 1 saturated heterocycles. The third-order valence-electron chi connectivity index (χ3n) is 5.16. The molecule has 1 atom stereocenters. The fourth-order valence-electron chi connectivity index (χ4n) is 3.77. The second kappa shape index (κ2) is 8.89. The van der Waals surface area contributed by atoms with E-state index in [-0.39, 0.29) is 17.4 Å². The number of benzene rings is 3. The van der Waals surface area contributed by atoms with Crippen LogP contribution in [0.5, 0.6) is 5.75 Å². The molecule has 1 heterocycles. The number of hydrogen-bond donors (Lipinski definition) is 1. The molecule has 32 heavy (non-hydrogen) atoms. The largest absolute Gasteiger partial charge is 0.507 e. The first-order valence-electron chi connectivity index (χ1n) is 10.3. The Kier molecular flexibility index (Phi) is 6.01. The predicted octanol–water partition coefficient (Wildman–Crippen LogP) is 5.75. The number of anilines is 1. The number of carbonyl (C=O) groups excluding carboxylic acids is 2. The van der Waals surface area contributed by atoms with Crippen LogP contribution in [-0.4, -0.2) is 22.9 Å². The van der Waals surface area contributed by atoms with Crippen molar-refractivity contribution in [3.05, 3.63) is 101 Å². The summed E-state index contributed by atoms with van der Waals surface area (Å²) >= 11 is 6.05. The highest BCUT2D eigenvalue weighted by atomic mass is 35.5. The molecule has 5 nitrogen and oxygen atoms in total. The van der Waals surface area contributed by atoms with Crippen LogP contribution in [0.1, 0.15) is 31.0 Å². The maximum absolute atomic E-state index is 13.1. The molecule has 6 heteroatoms. The van der Waals surface area contributed by atoms with E-state index in [1.54, 1.807) is 72.8 Å². The van der Waals surface area contributed by atoms with E-state index < -0.39 is 17.7 Å². The van der Waals surface area contributed by atoms with Crippen molar-refractivity contribution in [1.29, 1.82) is 0 Å². The van der Waals surface area contributed by atoms with Crippen molar-refractivity contribution in [2.45, 2.75) is 26.0 Å². The first-order valence-corrected chi connectivity index (χ1v) is 10.6. The molecule has 1 amide bonds. The van der Waals surface area contributed by atoms with Gasteiger partial charge in [-0.15, -0.1) is 0 Å². The quantitative estimate of drug-likeness (QED) is 0.307. The van der Waals surface area contributed by atoms with Crippen molar-refractivity contribution >= 4 is 34.7 Å². The van der Waals surface area contributed by atoms with Crippen molar-refractivity contribution in [1.82, 2.24) is 0 Å². The number of hydrogen-bond acceptors (Lipinski definition) is 4. The maximum Gasteiger partial charge on any atom is 0.300 e. The topological polar surface area (TPSA) is 66.8 Å². The van der Waals surface area contributed by atoms with Crippen LogP contribution in [0.2, 0.25) is 5.02 Å². The molecular formula is C26H22ClNO4. The summed E-state index contributed by atoms with van der Waals surface area (Å²) in [6, 6.07) is 21.8. The molecule has 0 bridgehead atoms. The van der Waals surface area contributed by atoms with Crippen LogP contribution in [0, 0.1) is 0 Å². The van der Waals surface area contributed by atoms with Gasteiger partial charge >= 0.3 is 0 Å². The lowest BCUT2D eigenvalue weighted by atomic mass is 9.95. The number of carbonyl (C=O) groups is 2. The Morgan fingerprint density at radius 2 is 1.56 bits per heavy atom. The van der Waals surface area contributed by atoms with Crippen LogP contribution in [0.15, 0.2) is 84.4 Å². The molecule has 0 spiro atoms. The molecule has 1 aliphatic rings. The van der Waals surface area contributed by atoms with E-state index in [2.05, 4.69) is 0 Å². The predicted molar refractivity (Wildman–Crippen MR) is 125 cm³/mol. The number of ether oxygens (including phenoxy) is 1. The highest BCUT2D eigenvalue weighted by molar-refractivity contribution is 6.51. The zero-order chi connectivity index (χ0) is 22.8. The molecule has 1 fully saturated rings. The summed E-state index contributed by atoms with van der Waals surface area (Å²) in [7, 11) is 0. The van der Waals surface area contributed by atoms with E-state index in [0.717, 1.165) is 0 Å². The maximum atomic E-state index is 13.1. The average Bonchev–Trinajstić information content (AvgIpc) is 3.05. The monoisotopic (exact) mass is 447 g/mol. The fourth-order valence-corrected chi connectivity index (χ4v) is 3.89. The zero-order valence-corrected chi connectivity index (χ0v) is 18.4. The molecule has 0 radical (unpaired) electrons. The Morgan fingerprint density at radius 3 is 2.16 bits per heavy atom. The number of nitrogens with zero attached hydrogens (tertiary/aromatic N) is 1. The molecular weight excluding hydrogens is 426 g/mol. The lowest BCUT2D eigenvalue weighted by molar-refractivity contribution is -0.132. The summed E-state index contributed by atoms with van der Waals surface area (Å²) in [4.78, 5) is 27.6. The lowest BCUT2D eigenvalue weighted by Crippen LogP contribution is -2.29. The van der Waals surface area contributed by atoms with Gasteiger partial charge in [0.05, 0.1) is 17.7 Å². The van der Waals surface area contributed by atoms with Gasteiger partial charge < -0.3 is 9.84 Å². The minimum Gasteiger partial charge on any atom is -0.507 e. The van der Waals surface area contributed by atoms with Crippen molar-refractivity contribution in [3.63, 3.8) is 0 Å². The third-order valence-corrected chi connectivity index (χ3v) is 5.42. The van der Waals surface area contributed by atoms with E-state index in [1.165, 1.54) is 4.90 Å². The normalized spacial score (nSPS) is 17.8. The van der Waals surface area contributed by atoms with Gasteiger partial charge in [-0.3, -0.25) is 14.5 Å². The standard InChI is InChI=1S/C26H22ClNO4/c1-16(2)32-21-14-10-18(11-15-21)24(29)22-23(17-8-12-19(27)13-9-17)28(26(31)25(22)30)20-6-4-3-5-7-20/h3-16,23,29H,1-2H3/b24-22-. The first-order chi connectivity index (χ1) is 15.4. The Hall–Kier alpha value is -3.57. The van der Waals surface area contributed by atoms with E-state index in [4.69, 9.17) is 16.3 Å². The van der Waals surface area contributed by atoms with Gasteiger partial charge in [-0.2, -0.15) is 0 Å². The summed E-state index contributed by atoms with van der Waals surface area (Å²) in [6.45, 7) is 3.84. The number of rotatable bonds is 5. The van der Waals surface area contributed by atoms with Crippen molar-refractivity contribution < 1.29 is 19.4 Å². The van der Waals surface area contributed by atoms with E-state index in [0.29, 0.717) is 27.6 Å². The minimum absolute atomic E-state index is 0.00977. The second-order valence-electron chi connectivity index (χ2n) is 7.75. The summed E-state index contributed by atoms with van der Waals surface area (Å²) in [6.07, 6.45) is 0.00977. The summed E-state index contributed by atoms with van der Waals surface area (Å²) in [5.74, 6) is -1.03. The molecule has 1 aliphatic heterocycles. The van der Waals surface area contributed by atoms with Gasteiger partial charge in [0, 0.05) is 16.3 Å². The Labute approximate surface area is 191 Å². The minimum atomic E-state index is -0.791. The average molecular weight is 448 g/mol. The molecule has 3 aromatic carbocycles. The number of Topliss-reactive ketones (excluding diaryl/α,β-unsaturated/α-hetero) is 1. The summed E-state index contributed by atoms with van der Waals surface area (Å²) in [5, 5.41) is 11.7. The first kappa shape index (κ1) is 21.7. The van der Waals surface area contributed by atoms with E-state index >= 15 is 0 Å². The van der Waals surface area contributed by atoms with Crippen LogP contribution >= 0.6 is 11.6 Å². The molecule has 0 aromatic heterocycles. The van der Waals surface area contributed by atoms with Crippen LogP contribution < -0.4 is 9.64 Å². The van der Waals surface area contributed by atoms with Crippen molar-refractivity contribution in [2.75, 3.05) is 4.90 Å². The lowest BCUT2D eigenvalue weighted by Gasteiger charge is -2.25. The van der Waals surface area contributed by atoms with Gasteiger partial charge in [-0.1, -0.05) is 41.9 Å². The van der Waals surface area contributed by atoms with Crippen LogP contribution in [0.4, 0.5) is 5.69 Å². The molecule has 1 unspecified atom stereocenters. The summed E-state index contributed by atoms with van der Waals surface area (Å²) in [5.41, 5.74) is 1.68. The number of ketones is 1. The van der Waals surface area contributed by atoms with Crippen molar-refractivity contribution in [3.8, 4) is 5.75 Å². The Balaban J connectivity index is 1.85. The van der Waals surface area contributed by atoms with Crippen LogP contribution in [0.25, 0.3) is 5.76 Å². The van der Waals surface area contributed by atoms with E-state index in [1.807, 2.05) is 19.9 Å². The SMILES string of the molecule is CC(C)Oc1ccc(/C(O)=C2/C(=O)C(=O)N(c3ccccc3)C2c2ccc(Cl)cc2)cc1. The number of aliphatic hydroxyl groups is 1. The highest BCUT2D eigenvalue weighted by Gasteiger charge is 2.46. The molecule has 4 rings (SSSR count). The molecule has 1 N–H and O–H groups in total. The Bertz CT molecular complexity index is 1170. The second-order valence-corrected chi connectivity index (χ2v) is 8.18. The third kappa shape index (κ3) is 4.12. The zero-order valence-electron chi connectivity index (χ0n) is 17.7. The van der Waals surface area contributed by atoms with Crippen molar-refractivity contribution in [2.24, 2.45) is 0 Å². The van der Waals surface area contributed by atoms with Gasteiger partial charge in [0.25, 0.3) is 11.7 Å². The summed E-state index contributed by atoms with van der Waals surface area (Å²) < 4.78 is 5.65. The van der Waals surface area contributed by atoms with Gasteiger partial charge in [0.1, 0.15) is 11.5 Å². The molecule has 3 aromatic rings. The van der Waals surface area contributed by atoms with Gasteiger partial charge in [0.15, 0.2) is 0 Å². The Morgan fingerprint density at radius 1 is 0.938 bits per heavy atom. The van der Waals surface area contributed by atoms with Gasteiger partial charge in [-0.25, -0.2) is 0 Å². The molecule has 0 aliphatic carbocycles. The highest BCUT2D eigenvalue weighted by Crippen LogP contribution is 2.42. The fraction of sp³-hybridized carbons (Fsp3) is 0.154. The molecule has 162 valence electrons. The van der Waals surface area contributed by atoms with Crippen LogP contribution in [0.3, 0.4) is 0 Å².